The first-order valence-corrected chi connectivity index (χ1v) is 8.37. The van der Waals surface area contributed by atoms with E-state index in [4.69, 9.17) is 23.2 Å². The normalized spacial score (nSPS) is 19.1. The van der Waals surface area contributed by atoms with Crippen LogP contribution in [-0.4, -0.2) is 42.7 Å². The van der Waals surface area contributed by atoms with E-state index in [2.05, 4.69) is 5.32 Å². The summed E-state index contributed by atoms with van der Waals surface area (Å²) in [6.45, 7) is 1.64. The lowest BCUT2D eigenvalue weighted by atomic mass is 10.1. The number of piperidine rings is 1. The maximum atomic E-state index is 12.2. The van der Waals surface area contributed by atoms with E-state index in [9.17, 15) is 4.79 Å². The lowest BCUT2D eigenvalue weighted by Crippen LogP contribution is -2.47. The molecule has 0 radical (unpaired) electrons. The number of amides is 1. The highest BCUT2D eigenvalue weighted by Gasteiger charge is 2.22. The van der Waals surface area contributed by atoms with Crippen molar-refractivity contribution in [3.63, 3.8) is 0 Å². The monoisotopic (exact) mass is 332 g/mol. The van der Waals surface area contributed by atoms with Gasteiger partial charge in [-0.25, -0.2) is 0 Å². The smallest absolute Gasteiger partial charge is 0.232 e. The van der Waals surface area contributed by atoms with Crippen LogP contribution < -0.4 is 5.32 Å². The van der Waals surface area contributed by atoms with E-state index >= 15 is 0 Å². The summed E-state index contributed by atoms with van der Waals surface area (Å²) in [5.41, 5.74) is 0. The Balaban J connectivity index is 1.90. The van der Waals surface area contributed by atoms with Crippen LogP contribution in [0.2, 0.25) is 10.0 Å². The lowest BCUT2D eigenvalue weighted by Gasteiger charge is -2.32. The molecule has 1 aromatic rings. The van der Waals surface area contributed by atoms with Crippen LogP contribution in [-0.2, 0) is 4.79 Å². The molecule has 1 amide bonds. The van der Waals surface area contributed by atoms with Gasteiger partial charge in [0, 0.05) is 29.0 Å². The highest BCUT2D eigenvalue weighted by atomic mass is 35.5. The molecule has 1 atom stereocenters. The Kier molecular flexibility index (Phi) is 6.02. The second kappa shape index (κ2) is 7.55. The number of likely N-dealkylation sites (N-methyl/N-ethyl adjacent to an activating group) is 1. The van der Waals surface area contributed by atoms with Gasteiger partial charge >= 0.3 is 0 Å². The molecule has 1 heterocycles. The number of carbonyl (C=O) groups is 1. The Labute approximate surface area is 134 Å². The summed E-state index contributed by atoms with van der Waals surface area (Å²) >= 11 is 13.5. The number of benzene rings is 1. The van der Waals surface area contributed by atoms with Crippen molar-refractivity contribution in [2.75, 3.05) is 25.9 Å². The van der Waals surface area contributed by atoms with Crippen molar-refractivity contribution >= 4 is 40.9 Å². The van der Waals surface area contributed by atoms with Gasteiger partial charge in [0.2, 0.25) is 5.91 Å². The molecule has 0 aliphatic carbocycles. The van der Waals surface area contributed by atoms with E-state index in [1.807, 2.05) is 11.9 Å². The number of hydrogen-bond donors (Lipinski definition) is 1. The molecule has 1 saturated heterocycles. The Morgan fingerprint density at radius 1 is 1.50 bits per heavy atom. The maximum absolute atomic E-state index is 12.2. The average molecular weight is 333 g/mol. The summed E-state index contributed by atoms with van der Waals surface area (Å²) in [5.74, 6) is 0.558. The standard InChI is InChI=1S/C14H18Cl2N2OS/c1-17-11-3-2-6-18(8-11)14(19)9-20-13-7-10(15)4-5-12(13)16/h4-5,7,11,17H,2-3,6,8-9H2,1H3. The summed E-state index contributed by atoms with van der Waals surface area (Å²) in [6, 6.07) is 5.72. The zero-order valence-electron chi connectivity index (χ0n) is 11.4. The van der Waals surface area contributed by atoms with Crippen molar-refractivity contribution in [1.82, 2.24) is 10.2 Å². The molecule has 2 rings (SSSR count). The lowest BCUT2D eigenvalue weighted by molar-refractivity contribution is -0.129. The molecule has 0 saturated carbocycles. The number of halogens is 2. The van der Waals surface area contributed by atoms with Gasteiger partial charge in [-0.1, -0.05) is 23.2 Å². The van der Waals surface area contributed by atoms with Crippen LogP contribution in [0.15, 0.2) is 23.1 Å². The molecule has 0 bridgehead atoms. The van der Waals surface area contributed by atoms with Crippen molar-refractivity contribution in [1.29, 1.82) is 0 Å². The molecule has 1 N–H and O–H groups in total. The third-order valence-corrected chi connectivity index (χ3v) is 5.14. The summed E-state index contributed by atoms with van der Waals surface area (Å²) in [4.78, 5) is 15.0. The van der Waals surface area contributed by atoms with E-state index in [0.717, 1.165) is 30.8 Å². The van der Waals surface area contributed by atoms with E-state index in [0.29, 0.717) is 21.8 Å². The van der Waals surface area contributed by atoms with Gasteiger partial charge in [-0.05, 0) is 38.1 Å². The van der Waals surface area contributed by atoms with E-state index in [1.165, 1.54) is 11.8 Å². The first-order valence-electron chi connectivity index (χ1n) is 6.63. The Hall–Kier alpha value is -0.420. The number of rotatable bonds is 4. The number of hydrogen-bond acceptors (Lipinski definition) is 3. The van der Waals surface area contributed by atoms with Crippen molar-refractivity contribution < 1.29 is 4.79 Å². The quantitative estimate of drug-likeness (QED) is 0.858. The molecule has 110 valence electrons. The molecule has 1 unspecified atom stereocenters. The fourth-order valence-electron chi connectivity index (χ4n) is 2.26. The Morgan fingerprint density at radius 2 is 2.30 bits per heavy atom. The largest absolute Gasteiger partial charge is 0.340 e. The van der Waals surface area contributed by atoms with Crippen molar-refractivity contribution in [3.8, 4) is 0 Å². The zero-order chi connectivity index (χ0) is 14.5. The van der Waals surface area contributed by atoms with Gasteiger partial charge in [-0.3, -0.25) is 4.79 Å². The van der Waals surface area contributed by atoms with Crippen LogP contribution in [0.25, 0.3) is 0 Å². The minimum Gasteiger partial charge on any atom is -0.340 e. The summed E-state index contributed by atoms with van der Waals surface area (Å²) in [7, 11) is 1.94. The van der Waals surface area contributed by atoms with Gasteiger partial charge in [0.05, 0.1) is 10.8 Å². The fourth-order valence-corrected chi connectivity index (χ4v) is 3.65. The van der Waals surface area contributed by atoms with Crippen molar-refractivity contribution in [2.24, 2.45) is 0 Å². The highest BCUT2D eigenvalue weighted by molar-refractivity contribution is 8.00. The van der Waals surface area contributed by atoms with Crippen LogP contribution in [0.4, 0.5) is 0 Å². The van der Waals surface area contributed by atoms with Gasteiger partial charge < -0.3 is 10.2 Å². The van der Waals surface area contributed by atoms with E-state index < -0.39 is 0 Å². The van der Waals surface area contributed by atoms with Gasteiger partial charge in [0.1, 0.15) is 0 Å². The third kappa shape index (κ3) is 4.29. The highest BCUT2D eigenvalue weighted by Crippen LogP contribution is 2.30. The van der Waals surface area contributed by atoms with Crippen molar-refractivity contribution in [3.05, 3.63) is 28.2 Å². The molecule has 3 nitrogen and oxygen atoms in total. The Bertz CT molecular complexity index is 484. The number of carbonyl (C=O) groups excluding carboxylic acids is 1. The Morgan fingerprint density at radius 3 is 3.05 bits per heavy atom. The predicted molar refractivity (Wildman–Crippen MR) is 85.8 cm³/mol. The van der Waals surface area contributed by atoms with E-state index in [-0.39, 0.29) is 5.91 Å². The second-order valence-electron chi connectivity index (χ2n) is 4.83. The van der Waals surface area contributed by atoms with Gasteiger partial charge in [0.15, 0.2) is 0 Å². The molecule has 1 aliphatic heterocycles. The summed E-state index contributed by atoms with van der Waals surface area (Å²) in [6.07, 6.45) is 2.19. The van der Waals surface area contributed by atoms with Crippen LogP contribution >= 0.6 is 35.0 Å². The van der Waals surface area contributed by atoms with Gasteiger partial charge in [-0.15, -0.1) is 11.8 Å². The SMILES string of the molecule is CNC1CCCN(C(=O)CSc2cc(Cl)ccc2Cl)C1. The first kappa shape index (κ1) is 16.0. The third-order valence-electron chi connectivity index (χ3n) is 3.43. The minimum absolute atomic E-state index is 0.158. The van der Waals surface area contributed by atoms with Crippen LogP contribution in [0.3, 0.4) is 0 Å². The van der Waals surface area contributed by atoms with Crippen LogP contribution in [0.5, 0.6) is 0 Å². The number of nitrogens with zero attached hydrogens (tertiary/aromatic N) is 1. The van der Waals surface area contributed by atoms with Crippen LogP contribution in [0, 0.1) is 0 Å². The zero-order valence-corrected chi connectivity index (χ0v) is 13.7. The topological polar surface area (TPSA) is 32.3 Å². The number of nitrogens with one attached hydrogen (secondary N) is 1. The summed E-state index contributed by atoms with van der Waals surface area (Å²) in [5, 5.41) is 4.51. The van der Waals surface area contributed by atoms with Gasteiger partial charge in [0.25, 0.3) is 0 Å². The first-order chi connectivity index (χ1) is 9.60. The number of thioether (sulfide) groups is 1. The summed E-state index contributed by atoms with van der Waals surface area (Å²) < 4.78 is 0. The maximum Gasteiger partial charge on any atom is 0.232 e. The molecular weight excluding hydrogens is 315 g/mol. The molecule has 1 aromatic carbocycles. The molecule has 0 aromatic heterocycles. The van der Waals surface area contributed by atoms with Crippen molar-refractivity contribution in [2.45, 2.75) is 23.8 Å². The molecule has 0 spiro atoms. The van der Waals surface area contributed by atoms with Crippen LogP contribution in [0.1, 0.15) is 12.8 Å². The number of likely N-dealkylation sites (tertiary alicyclic amines) is 1. The van der Waals surface area contributed by atoms with E-state index in [1.54, 1.807) is 18.2 Å². The average Bonchev–Trinajstić information content (AvgIpc) is 2.48. The molecule has 1 aliphatic rings. The van der Waals surface area contributed by atoms with Gasteiger partial charge in [-0.2, -0.15) is 0 Å². The molecule has 1 fully saturated rings. The molecule has 20 heavy (non-hydrogen) atoms. The second-order valence-corrected chi connectivity index (χ2v) is 6.69. The minimum atomic E-state index is 0.158. The molecule has 6 heteroatoms. The predicted octanol–water partition coefficient (Wildman–Crippen LogP) is 3.30. The molecular formula is C14H18Cl2N2OS. The fraction of sp³-hybridized carbons (Fsp3) is 0.500.